The summed E-state index contributed by atoms with van der Waals surface area (Å²) in [4.78, 5) is 36.1. The zero-order valence-corrected chi connectivity index (χ0v) is 13.6. The predicted molar refractivity (Wildman–Crippen MR) is 90.7 cm³/mol. The molecule has 0 unspecified atom stereocenters. The number of nitrogens with one attached hydrogen (secondary N) is 2. The van der Waals surface area contributed by atoms with E-state index in [0.29, 0.717) is 30.6 Å². The second-order valence-corrected chi connectivity index (χ2v) is 5.78. The molecule has 6 nitrogen and oxygen atoms in total. The molecule has 0 aliphatic heterocycles. The summed E-state index contributed by atoms with van der Waals surface area (Å²) in [5, 5.41) is 14.8. The summed E-state index contributed by atoms with van der Waals surface area (Å²) < 4.78 is 0. The third-order valence-electron chi connectivity index (χ3n) is 4.05. The number of hydrogen-bond acceptors (Lipinski definition) is 3. The van der Waals surface area contributed by atoms with Gasteiger partial charge in [0.25, 0.3) is 5.91 Å². The van der Waals surface area contributed by atoms with Crippen LogP contribution in [0.15, 0.2) is 36.4 Å². The quantitative estimate of drug-likeness (QED) is 0.698. The third kappa shape index (κ3) is 4.22. The standard InChI is InChI=1S/C18H22N2O4/c1-2-11-19-16(21)14-9-5-6-10-15(14)20-17(22)12-7-3-4-8-13(12)18(23)24/h3-6,9-10,12-13H,2,7-8,11H2,1H3,(H,19,21)(H,20,22)(H,23,24)/t12-,13-/m1/s1. The molecular formula is C18H22N2O4. The summed E-state index contributed by atoms with van der Waals surface area (Å²) in [5.74, 6) is -2.99. The van der Waals surface area contributed by atoms with Gasteiger partial charge in [0.2, 0.25) is 5.91 Å². The number of allylic oxidation sites excluding steroid dienone is 2. The van der Waals surface area contributed by atoms with Crippen LogP contribution < -0.4 is 10.6 Å². The highest BCUT2D eigenvalue weighted by Gasteiger charge is 2.34. The number of aliphatic carboxylic acids is 1. The van der Waals surface area contributed by atoms with Gasteiger partial charge in [-0.05, 0) is 31.4 Å². The van der Waals surface area contributed by atoms with Gasteiger partial charge in [-0.15, -0.1) is 0 Å². The van der Waals surface area contributed by atoms with E-state index in [-0.39, 0.29) is 11.8 Å². The summed E-state index contributed by atoms with van der Waals surface area (Å²) in [6.07, 6.45) is 5.15. The van der Waals surface area contributed by atoms with Crippen LogP contribution in [0.25, 0.3) is 0 Å². The highest BCUT2D eigenvalue weighted by Crippen LogP contribution is 2.27. The number of amides is 2. The molecule has 0 saturated heterocycles. The number of carbonyl (C=O) groups excluding carboxylic acids is 2. The van der Waals surface area contributed by atoms with Crippen molar-refractivity contribution in [2.45, 2.75) is 26.2 Å². The first-order chi connectivity index (χ1) is 11.5. The van der Waals surface area contributed by atoms with Crippen LogP contribution in [-0.2, 0) is 9.59 Å². The number of benzene rings is 1. The third-order valence-corrected chi connectivity index (χ3v) is 4.05. The van der Waals surface area contributed by atoms with E-state index in [2.05, 4.69) is 10.6 Å². The molecule has 3 N–H and O–H groups in total. The Morgan fingerprint density at radius 2 is 1.79 bits per heavy atom. The lowest BCUT2D eigenvalue weighted by Crippen LogP contribution is -2.35. The molecule has 0 spiro atoms. The molecule has 2 atom stereocenters. The van der Waals surface area contributed by atoms with E-state index in [0.717, 1.165) is 6.42 Å². The Hall–Kier alpha value is -2.63. The van der Waals surface area contributed by atoms with Crippen molar-refractivity contribution in [2.75, 3.05) is 11.9 Å². The topological polar surface area (TPSA) is 95.5 Å². The molecule has 128 valence electrons. The predicted octanol–water partition coefficient (Wildman–Crippen LogP) is 2.43. The molecule has 0 saturated carbocycles. The normalized spacial score (nSPS) is 19.5. The highest BCUT2D eigenvalue weighted by atomic mass is 16.4. The molecule has 1 aliphatic rings. The number of carboxylic acids is 1. The molecule has 0 radical (unpaired) electrons. The van der Waals surface area contributed by atoms with Crippen LogP contribution in [0.2, 0.25) is 0 Å². The fourth-order valence-electron chi connectivity index (χ4n) is 2.73. The van der Waals surface area contributed by atoms with Crippen LogP contribution >= 0.6 is 0 Å². The minimum absolute atomic E-state index is 0.258. The van der Waals surface area contributed by atoms with Crippen molar-refractivity contribution in [1.29, 1.82) is 0 Å². The Labute approximate surface area is 140 Å². The van der Waals surface area contributed by atoms with Gasteiger partial charge in [-0.3, -0.25) is 14.4 Å². The second-order valence-electron chi connectivity index (χ2n) is 5.78. The van der Waals surface area contributed by atoms with Crippen molar-refractivity contribution in [3.8, 4) is 0 Å². The summed E-state index contributed by atoms with van der Waals surface area (Å²) in [5.41, 5.74) is 0.771. The zero-order valence-electron chi connectivity index (χ0n) is 13.6. The van der Waals surface area contributed by atoms with Gasteiger partial charge in [0, 0.05) is 6.54 Å². The minimum Gasteiger partial charge on any atom is -0.481 e. The number of anilines is 1. The van der Waals surface area contributed by atoms with E-state index in [1.54, 1.807) is 30.3 Å². The lowest BCUT2D eigenvalue weighted by Gasteiger charge is -2.24. The average molecular weight is 330 g/mol. The van der Waals surface area contributed by atoms with Crippen molar-refractivity contribution in [2.24, 2.45) is 11.8 Å². The molecule has 2 rings (SSSR count). The fraction of sp³-hybridized carbons (Fsp3) is 0.389. The maximum absolute atomic E-state index is 12.5. The Balaban J connectivity index is 2.15. The minimum atomic E-state index is -0.978. The molecule has 6 heteroatoms. The van der Waals surface area contributed by atoms with Crippen molar-refractivity contribution >= 4 is 23.5 Å². The number of carbonyl (C=O) groups is 3. The van der Waals surface area contributed by atoms with Gasteiger partial charge in [-0.25, -0.2) is 0 Å². The van der Waals surface area contributed by atoms with Crippen LogP contribution in [0.1, 0.15) is 36.5 Å². The molecular weight excluding hydrogens is 308 g/mol. The maximum Gasteiger partial charge on any atom is 0.307 e. The smallest absolute Gasteiger partial charge is 0.307 e. The Morgan fingerprint density at radius 1 is 1.12 bits per heavy atom. The molecule has 1 aromatic rings. The summed E-state index contributed by atoms with van der Waals surface area (Å²) in [6.45, 7) is 2.51. The molecule has 1 aliphatic carbocycles. The highest BCUT2D eigenvalue weighted by molar-refractivity contribution is 6.04. The van der Waals surface area contributed by atoms with Crippen molar-refractivity contribution in [3.63, 3.8) is 0 Å². The van der Waals surface area contributed by atoms with Gasteiger partial charge < -0.3 is 15.7 Å². The SMILES string of the molecule is CCCNC(=O)c1ccccc1NC(=O)[C@@H]1CC=CC[C@H]1C(=O)O. The molecule has 0 fully saturated rings. The van der Waals surface area contributed by atoms with E-state index in [1.807, 2.05) is 13.0 Å². The van der Waals surface area contributed by atoms with Gasteiger partial charge >= 0.3 is 5.97 Å². The summed E-state index contributed by atoms with van der Waals surface area (Å²) in [7, 11) is 0. The molecule has 1 aromatic carbocycles. The number of hydrogen-bond donors (Lipinski definition) is 3. The summed E-state index contributed by atoms with van der Waals surface area (Å²) in [6, 6.07) is 6.73. The van der Waals surface area contributed by atoms with E-state index < -0.39 is 17.8 Å². The van der Waals surface area contributed by atoms with Gasteiger partial charge in [0.1, 0.15) is 0 Å². The lowest BCUT2D eigenvalue weighted by atomic mass is 9.82. The average Bonchev–Trinajstić information content (AvgIpc) is 2.60. The van der Waals surface area contributed by atoms with Crippen LogP contribution in [0.5, 0.6) is 0 Å². The summed E-state index contributed by atoms with van der Waals surface area (Å²) >= 11 is 0. The molecule has 0 aromatic heterocycles. The van der Waals surface area contributed by atoms with Crippen LogP contribution in [-0.4, -0.2) is 29.4 Å². The lowest BCUT2D eigenvalue weighted by molar-refractivity contribution is -0.146. The van der Waals surface area contributed by atoms with Crippen molar-refractivity contribution < 1.29 is 19.5 Å². The first-order valence-corrected chi connectivity index (χ1v) is 8.10. The fourth-order valence-corrected chi connectivity index (χ4v) is 2.73. The van der Waals surface area contributed by atoms with Gasteiger partial charge in [0.05, 0.1) is 23.1 Å². The van der Waals surface area contributed by atoms with Gasteiger partial charge in [0.15, 0.2) is 0 Å². The van der Waals surface area contributed by atoms with Crippen LogP contribution in [0, 0.1) is 11.8 Å². The van der Waals surface area contributed by atoms with E-state index in [9.17, 15) is 19.5 Å². The number of para-hydroxylation sites is 1. The number of rotatable bonds is 6. The van der Waals surface area contributed by atoms with Crippen molar-refractivity contribution in [1.82, 2.24) is 5.32 Å². The molecule has 24 heavy (non-hydrogen) atoms. The van der Waals surface area contributed by atoms with Crippen molar-refractivity contribution in [3.05, 3.63) is 42.0 Å². The maximum atomic E-state index is 12.5. The van der Waals surface area contributed by atoms with Crippen LogP contribution in [0.4, 0.5) is 5.69 Å². The first-order valence-electron chi connectivity index (χ1n) is 8.10. The molecule has 0 heterocycles. The van der Waals surface area contributed by atoms with E-state index in [4.69, 9.17) is 0 Å². The Morgan fingerprint density at radius 3 is 2.46 bits per heavy atom. The first kappa shape index (κ1) is 17.7. The Kier molecular flexibility index (Phi) is 6.12. The Bertz CT molecular complexity index is 654. The molecule has 0 bridgehead atoms. The zero-order chi connectivity index (χ0) is 17.5. The van der Waals surface area contributed by atoms with E-state index in [1.165, 1.54) is 0 Å². The second kappa shape index (κ2) is 8.29. The number of carboxylic acid groups (broad SMARTS) is 1. The van der Waals surface area contributed by atoms with E-state index >= 15 is 0 Å². The van der Waals surface area contributed by atoms with Crippen LogP contribution in [0.3, 0.4) is 0 Å². The largest absolute Gasteiger partial charge is 0.481 e. The monoisotopic (exact) mass is 330 g/mol. The molecule has 2 amide bonds. The van der Waals surface area contributed by atoms with Gasteiger partial charge in [-0.1, -0.05) is 31.2 Å². The van der Waals surface area contributed by atoms with Gasteiger partial charge in [-0.2, -0.15) is 0 Å².